The van der Waals surface area contributed by atoms with Crippen LogP contribution in [0, 0.1) is 0 Å². The Hall–Kier alpha value is -1.36. The number of hydrogen-bond acceptors (Lipinski definition) is 4. The maximum Gasteiger partial charge on any atom is 0.241 e. The first kappa shape index (κ1) is 8.25. The van der Waals surface area contributed by atoms with Crippen LogP contribution in [0.4, 0.5) is 5.69 Å². The Balaban J connectivity index is 1.91. The maximum atomic E-state index is 11.5. The van der Waals surface area contributed by atoms with Crippen LogP contribution in [0.2, 0.25) is 0 Å². The van der Waals surface area contributed by atoms with Gasteiger partial charge >= 0.3 is 0 Å². The SMILES string of the molecule is O=C(Nc1cnoc1)C1CCCN1. The van der Waals surface area contributed by atoms with Crippen LogP contribution in [0.25, 0.3) is 0 Å². The molecule has 70 valence electrons. The summed E-state index contributed by atoms with van der Waals surface area (Å²) in [5, 5.41) is 9.30. The standard InChI is InChI=1S/C8H11N3O2/c12-8(7-2-1-3-9-7)11-6-4-10-13-5-6/h4-5,7,9H,1-3H2,(H,11,12). The zero-order chi connectivity index (χ0) is 9.10. The summed E-state index contributed by atoms with van der Waals surface area (Å²) in [7, 11) is 0. The van der Waals surface area contributed by atoms with Gasteiger partial charge in [-0.1, -0.05) is 5.16 Å². The van der Waals surface area contributed by atoms with E-state index in [-0.39, 0.29) is 11.9 Å². The van der Waals surface area contributed by atoms with E-state index in [1.54, 1.807) is 0 Å². The van der Waals surface area contributed by atoms with E-state index in [1.165, 1.54) is 12.5 Å². The van der Waals surface area contributed by atoms with Crippen molar-refractivity contribution in [2.24, 2.45) is 0 Å². The van der Waals surface area contributed by atoms with E-state index in [9.17, 15) is 4.79 Å². The van der Waals surface area contributed by atoms with Crippen LogP contribution in [-0.2, 0) is 4.79 Å². The largest absolute Gasteiger partial charge is 0.363 e. The van der Waals surface area contributed by atoms with Crippen molar-refractivity contribution in [1.82, 2.24) is 10.5 Å². The molecule has 0 radical (unpaired) electrons. The van der Waals surface area contributed by atoms with Gasteiger partial charge in [-0.3, -0.25) is 4.79 Å². The topological polar surface area (TPSA) is 67.2 Å². The van der Waals surface area contributed by atoms with Crippen LogP contribution in [0.3, 0.4) is 0 Å². The van der Waals surface area contributed by atoms with Crippen LogP contribution in [0.5, 0.6) is 0 Å². The Kier molecular flexibility index (Phi) is 2.27. The van der Waals surface area contributed by atoms with Crippen LogP contribution in [0.15, 0.2) is 17.0 Å². The van der Waals surface area contributed by atoms with Gasteiger partial charge in [-0.05, 0) is 19.4 Å². The predicted molar refractivity (Wildman–Crippen MR) is 46.2 cm³/mol. The lowest BCUT2D eigenvalue weighted by atomic mass is 10.2. The third-order valence-electron chi connectivity index (χ3n) is 2.08. The summed E-state index contributed by atoms with van der Waals surface area (Å²) in [5.74, 6) is -0.0132. The van der Waals surface area contributed by atoms with Crippen molar-refractivity contribution in [3.63, 3.8) is 0 Å². The van der Waals surface area contributed by atoms with Crippen molar-refractivity contribution in [3.8, 4) is 0 Å². The number of amides is 1. The normalized spacial score (nSPS) is 21.7. The van der Waals surface area contributed by atoms with E-state index in [1.807, 2.05) is 0 Å². The van der Waals surface area contributed by atoms with Crippen molar-refractivity contribution in [3.05, 3.63) is 12.5 Å². The van der Waals surface area contributed by atoms with Crippen molar-refractivity contribution < 1.29 is 9.32 Å². The lowest BCUT2D eigenvalue weighted by molar-refractivity contribution is -0.117. The van der Waals surface area contributed by atoms with Gasteiger partial charge in [0.2, 0.25) is 5.91 Å². The molecule has 5 heteroatoms. The first-order valence-corrected chi connectivity index (χ1v) is 4.30. The summed E-state index contributed by atoms with van der Waals surface area (Å²) >= 11 is 0. The molecule has 1 aliphatic heterocycles. The van der Waals surface area contributed by atoms with Crippen molar-refractivity contribution in [2.45, 2.75) is 18.9 Å². The molecule has 2 heterocycles. The fraction of sp³-hybridized carbons (Fsp3) is 0.500. The average molecular weight is 181 g/mol. The number of aromatic nitrogens is 1. The number of carbonyl (C=O) groups is 1. The van der Waals surface area contributed by atoms with E-state index in [2.05, 4.69) is 20.3 Å². The van der Waals surface area contributed by atoms with Gasteiger partial charge in [0, 0.05) is 0 Å². The van der Waals surface area contributed by atoms with Crippen LogP contribution >= 0.6 is 0 Å². The highest BCUT2D eigenvalue weighted by atomic mass is 16.5. The molecule has 1 fully saturated rings. The Morgan fingerprint density at radius 2 is 2.69 bits per heavy atom. The lowest BCUT2D eigenvalue weighted by Crippen LogP contribution is -2.35. The molecule has 0 spiro atoms. The Bertz CT molecular complexity index is 278. The summed E-state index contributed by atoms with van der Waals surface area (Å²) in [6.45, 7) is 0.918. The molecule has 1 unspecified atom stereocenters. The minimum atomic E-state index is -0.0603. The van der Waals surface area contributed by atoms with Gasteiger partial charge in [0.05, 0.1) is 12.2 Å². The Labute approximate surface area is 75.5 Å². The smallest absolute Gasteiger partial charge is 0.241 e. The van der Waals surface area contributed by atoms with Gasteiger partial charge < -0.3 is 15.2 Å². The van der Waals surface area contributed by atoms with Gasteiger partial charge in [-0.2, -0.15) is 0 Å². The first-order valence-electron chi connectivity index (χ1n) is 4.30. The monoisotopic (exact) mass is 181 g/mol. The molecular weight excluding hydrogens is 170 g/mol. The molecule has 0 aromatic carbocycles. The van der Waals surface area contributed by atoms with Crippen LogP contribution in [0.1, 0.15) is 12.8 Å². The average Bonchev–Trinajstić information content (AvgIpc) is 2.74. The third kappa shape index (κ3) is 1.86. The van der Waals surface area contributed by atoms with E-state index < -0.39 is 0 Å². The summed E-state index contributed by atoms with van der Waals surface area (Å²) in [6.07, 6.45) is 4.85. The molecule has 2 rings (SSSR count). The zero-order valence-corrected chi connectivity index (χ0v) is 7.12. The third-order valence-corrected chi connectivity index (χ3v) is 2.08. The van der Waals surface area contributed by atoms with Gasteiger partial charge in [0.25, 0.3) is 0 Å². The molecule has 1 aromatic heterocycles. The molecule has 1 saturated heterocycles. The second-order valence-corrected chi connectivity index (χ2v) is 3.05. The number of carbonyl (C=O) groups excluding carboxylic acids is 1. The predicted octanol–water partition coefficient (Wildman–Crippen LogP) is 0.365. The summed E-state index contributed by atoms with van der Waals surface area (Å²) in [4.78, 5) is 11.5. The molecule has 0 aliphatic carbocycles. The molecule has 1 aromatic rings. The highest BCUT2D eigenvalue weighted by Crippen LogP contribution is 2.09. The van der Waals surface area contributed by atoms with Gasteiger partial charge in [-0.25, -0.2) is 0 Å². The quantitative estimate of drug-likeness (QED) is 0.691. The molecule has 0 bridgehead atoms. The molecule has 13 heavy (non-hydrogen) atoms. The van der Waals surface area contributed by atoms with E-state index in [0.717, 1.165) is 19.4 Å². The summed E-state index contributed by atoms with van der Waals surface area (Å²) < 4.78 is 4.59. The van der Waals surface area contributed by atoms with Crippen molar-refractivity contribution in [2.75, 3.05) is 11.9 Å². The van der Waals surface area contributed by atoms with Crippen molar-refractivity contribution >= 4 is 11.6 Å². The highest BCUT2D eigenvalue weighted by molar-refractivity contribution is 5.94. The zero-order valence-electron chi connectivity index (χ0n) is 7.12. The molecule has 2 N–H and O–H groups in total. The minimum Gasteiger partial charge on any atom is -0.363 e. The molecule has 1 aliphatic rings. The second kappa shape index (κ2) is 3.57. The van der Waals surface area contributed by atoms with E-state index in [0.29, 0.717) is 5.69 Å². The molecular formula is C8H11N3O2. The fourth-order valence-corrected chi connectivity index (χ4v) is 1.40. The number of hydrogen-bond donors (Lipinski definition) is 2. The van der Waals surface area contributed by atoms with Crippen LogP contribution in [-0.4, -0.2) is 23.7 Å². The minimum absolute atomic E-state index is 0.0132. The van der Waals surface area contributed by atoms with E-state index >= 15 is 0 Å². The number of nitrogens with one attached hydrogen (secondary N) is 2. The Morgan fingerprint density at radius 3 is 3.31 bits per heavy atom. The highest BCUT2D eigenvalue weighted by Gasteiger charge is 2.21. The molecule has 0 saturated carbocycles. The maximum absolute atomic E-state index is 11.5. The lowest BCUT2D eigenvalue weighted by Gasteiger charge is -2.08. The number of rotatable bonds is 2. The van der Waals surface area contributed by atoms with Gasteiger partial charge in [-0.15, -0.1) is 0 Å². The fourth-order valence-electron chi connectivity index (χ4n) is 1.40. The molecule has 5 nitrogen and oxygen atoms in total. The summed E-state index contributed by atoms with van der Waals surface area (Å²) in [6, 6.07) is -0.0603. The molecule has 1 atom stereocenters. The molecule has 1 amide bonds. The van der Waals surface area contributed by atoms with Gasteiger partial charge in [0.1, 0.15) is 12.0 Å². The second-order valence-electron chi connectivity index (χ2n) is 3.05. The van der Waals surface area contributed by atoms with Crippen LogP contribution < -0.4 is 10.6 Å². The Morgan fingerprint density at radius 1 is 1.77 bits per heavy atom. The first-order chi connectivity index (χ1) is 6.36. The van der Waals surface area contributed by atoms with Crippen molar-refractivity contribution in [1.29, 1.82) is 0 Å². The summed E-state index contributed by atoms with van der Waals surface area (Å²) in [5.41, 5.74) is 0.610. The van der Waals surface area contributed by atoms with Gasteiger partial charge in [0.15, 0.2) is 0 Å². The van der Waals surface area contributed by atoms with E-state index in [4.69, 9.17) is 0 Å². The number of anilines is 1. The number of nitrogens with zero attached hydrogens (tertiary/aromatic N) is 1.